The van der Waals surface area contributed by atoms with Gasteiger partial charge in [-0.25, -0.2) is 9.48 Å². The Kier molecular flexibility index (Phi) is 7.86. The van der Waals surface area contributed by atoms with Gasteiger partial charge in [0, 0.05) is 24.1 Å². The number of nitrogens with zero attached hydrogens (tertiary/aromatic N) is 2. The lowest BCUT2D eigenvalue weighted by molar-refractivity contribution is -0.116. The largest absolute Gasteiger partial charge is 0.445 e. The van der Waals surface area contributed by atoms with Gasteiger partial charge < -0.3 is 15.4 Å². The lowest BCUT2D eigenvalue weighted by Crippen LogP contribution is -2.26. The first kappa shape index (κ1) is 21.4. The van der Waals surface area contributed by atoms with Crippen LogP contribution >= 0.6 is 11.6 Å². The predicted molar refractivity (Wildman–Crippen MR) is 115 cm³/mol. The maximum atomic E-state index is 12.2. The van der Waals surface area contributed by atoms with E-state index in [4.69, 9.17) is 16.3 Å². The number of anilines is 1. The predicted octanol–water partition coefficient (Wildman–Crippen LogP) is 4.23. The van der Waals surface area contributed by atoms with Crippen LogP contribution in [0.3, 0.4) is 0 Å². The minimum absolute atomic E-state index is 0.146. The number of aromatic nitrogens is 2. The Balaban J connectivity index is 1.35. The van der Waals surface area contributed by atoms with E-state index < -0.39 is 6.09 Å². The van der Waals surface area contributed by atoms with Crippen LogP contribution in [0.4, 0.5) is 10.6 Å². The Morgan fingerprint density at radius 3 is 2.53 bits per heavy atom. The number of carbonyl (C=O) groups excluding carboxylic acids is 2. The van der Waals surface area contributed by atoms with Crippen molar-refractivity contribution in [3.8, 4) is 0 Å². The Bertz CT molecular complexity index is 958. The van der Waals surface area contributed by atoms with E-state index in [-0.39, 0.29) is 18.9 Å². The minimum atomic E-state index is -0.500. The van der Waals surface area contributed by atoms with Crippen LogP contribution in [-0.4, -0.2) is 28.3 Å². The van der Waals surface area contributed by atoms with Gasteiger partial charge in [0.15, 0.2) is 0 Å². The Morgan fingerprint density at radius 2 is 1.77 bits per heavy atom. The van der Waals surface area contributed by atoms with E-state index in [0.717, 1.165) is 11.1 Å². The van der Waals surface area contributed by atoms with Gasteiger partial charge in [0.1, 0.15) is 12.4 Å². The van der Waals surface area contributed by atoms with Crippen LogP contribution in [0.1, 0.15) is 24.0 Å². The summed E-state index contributed by atoms with van der Waals surface area (Å²) in [6.45, 7) is 1.09. The molecular weight excluding hydrogens is 404 g/mol. The number of ether oxygens (including phenoxy) is 1. The molecule has 2 N–H and O–H groups in total. The maximum Gasteiger partial charge on any atom is 0.407 e. The normalized spacial score (nSPS) is 10.4. The molecular formula is C22H23ClN4O3. The fraction of sp³-hybridized carbons (Fsp3) is 0.227. The highest BCUT2D eigenvalue weighted by atomic mass is 35.5. The zero-order valence-corrected chi connectivity index (χ0v) is 17.1. The molecule has 3 rings (SSSR count). The van der Waals surface area contributed by atoms with Crippen LogP contribution in [0.25, 0.3) is 0 Å². The third kappa shape index (κ3) is 6.93. The molecule has 0 bridgehead atoms. The summed E-state index contributed by atoms with van der Waals surface area (Å²) >= 11 is 5.91. The molecule has 1 aromatic heterocycles. The van der Waals surface area contributed by atoms with E-state index in [1.807, 2.05) is 54.6 Å². The fourth-order valence-electron chi connectivity index (χ4n) is 2.75. The molecule has 0 fully saturated rings. The summed E-state index contributed by atoms with van der Waals surface area (Å²) in [5.41, 5.74) is 1.94. The van der Waals surface area contributed by atoms with Gasteiger partial charge in [-0.2, -0.15) is 5.10 Å². The van der Waals surface area contributed by atoms with Crippen molar-refractivity contribution >= 4 is 29.4 Å². The first-order valence-corrected chi connectivity index (χ1v) is 9.98. The SMILES string of the molecule is O=C(CCCNC(=O)OCc1ccccc1)Nc1ccnn1Cc1ccc(Cl)cc1. The van der Waals surface area contributed by atoms with Crippen LogP contribution < -0.4 is 10.6 Å². The second-order valence-electron chi connectivity index (χ2n) is 6.64. The highest BCUT2D eigenvalue weighted by Gasteiger charge is 2.09. The van der Waals surface area contributed by atoms with Crippen molar-refractivity contribution < 1.29 is 14.3 Å². The van der Waals surface area contributed by atoms with Crippen LogP contribution in [0, 0.1) is 0 Å². The van der Waals surface area contributed by atoms with Gasteiger partial charge in [-0.15, -0.1) is 0 Å². The number of benzene rings is 2. The van der Waals surface area contributed by atoms with E-state index in [9.17, 15) is 9.59 Å². The number of nitrogens with one attached hydrogen (secondary N) is 2. The number of hydrogen-bond donors (Lipinski definition) is 2. The molecule has 0 unspecified atom stereocenters. The van der Waals surface area contributed by atoms with E-state index in [2.05, 4.69) is 15.7 Å². The van der Waals surface area contributed by atoms with Crippen LogP contribution in [0.15, 0.2) is 66.9 Å². The van der Waals surface area contributed by atoms with Gasteiger partial charge in [0.05, 0.1) is 12.7 Å². The molecule has 30 heavy (non-hydrogen) atoms. The second kappa shape index (κ2) is 11.0. The third-order valence-corrected chi connectivity index (χ3v) is 4.54. The molecule has 0 saturated heterocycles. The standard InChI is InChI=1S/C22H23ClN4O3/c23-19-10-8-17(9-11-19)15-27-20(12-14-25-27)26-21(28)7-4-13-24-22(29)30-16-18-5-2-1-3-6-18/h1-3,5-6,8-12,14H,4,7,13,15-16H2,(H,24,29)(H,26,28). The molecule has 0 aliphatic carbocycles. The van der Waals surface area contributed by atoms with Crippen LogP contribution in [0.5, 0.6) is 0 Å². The fourth-order valence-corrected chi connectivity index (χ4v) is 2.87. The molecule has 156 valence electrons. The molecule has 0 saturated carbocycles. The van der Waals surface area contributed by atoms with Gasteiger partial charge in [0.25, 0.3) is 0 Å². The van der Waals surface area contributed by atoms with Crippen molar-refractivity contribution in [2.24, 2.45) is 0 Å². The summed E-state index contributed by atoms with van der Waals surface area (Å²) in [6.07, 6.45) is 1.90. The highest BCUT2D eigenvalue weighted by molar-refractivity contribution is 6.30. The number of alkyl carbamates (subject to hydrolysis) is 1. The molecule has 0 aliphatic rings. The molecule has 0 atom stereocenters. The Hall–Kier alpha value is -3.32. The quantitative estimate of drug-likeness (QED) is 0.501. The molecule has 0 radical (unpaired) electrons. The molecule has 2 amide bonds. The van der Waals surface area contributed by atoms with Crippen molar-refractivity contribution in [1.29, 1.82) is 0 Å². The number of hydrogen-bond acceptors (Lipinski definition) is 4. The smallest absolute Gasteiger partial charge is 0.407 e. The van der Waals surface area contributed by atoms with Gasteiger partial charge in [-0.3, -0.25) is 4.79 Å². The van der Waals surface area contributed by atoms with Gasteiger partial charge in [-0.1, -0.05) is 54.1 Å². The average molecular weight is 427 g/mol. The van der Waals surface area contributed by atoms with Gasteiger partial charge >= 0.3 is 6.09 Å². The summed E-state index contributed by atoms with van der Waals surface area (Å²) < 4.78 is 6.84. The molecule has 1 heterocycles. The van der Waals surface area contributed by atoms with Crippen LogP contribution in [0.2, 0.25) is 5.02 Å². The Labute approximate surface area is 180 Å². The number of rotatable bonds is 9. The zero-order chi connectivity index (χ0) is 21.2. The third-order valence-electron chi connectivity index (χ3n) is 4.29. The topological polar surface area (TPSA) is 85.2 Å². The van der Waals surface area contributed by atoms with E-state index in [1.54, 1.807) is 16.9 Å². The number of carbonyl (C=O) groups is 2. The molecule has 7 nitrogen and oxygen atoms in total. The molecule has 0 aliphatic heterocycles. The monoisotopic (exact) mass is 426 g/mol. The Morgan fingerprint density at radius 1 is 1.00 bits per heavy atom. The minimum Gasteiger partial charge on any atom is -0.445 e. The number of amides is 2. The van der Waals surface area contributed by atoms with Crippen molar-refractivity contribution in [1.82, 2.24) is 15.1 Å². The summed E-state index contributed by atoms with van der Waals surface area (Å²) in [4.78, 5) is 23.9. The number of halogens is 1. The van der Waals surface area contributed by atoms with Gasteiger partial charge in [0.2, 0.25) is 5.91 Å². The first-order chi connectivity index (χ1) is 14.6. The molecule has 2 aromatic carbocycles. The molecule has 8 heteroatoms. The molecule has 3 aromatic rings. The highest BCUT2D eigenvalue weighted by Crippen LogP contribution is 2.14. The first-order valence-electron chi connectivity index (χ1n) is 9.61. The van der Waals surface area contributed by atoms with Crippen LogP contribution in [-0.2, 0) is 22.7 Å². The van der Waals surface area contributed by atoms with E-state index >= 15 is 0 Å². The molecule has 0 spiro atoms. The average Bonchev–Trinajstić information content (AvgIpc) is 3.18. The van der Waals surface area contributed by atoms with Crippen molar-refractivity contribution in [2.45, 2.75) is 26.0 Å². The summed E-state index contributed by atoms with van der Waals surface area (Å²) in [6, 6.07) is 18.6. The van der Waals surface area contributed by atoms with Crippen molar-refractivity contribution in [3.05, 3.63) is 83.0 Å². The lowest BCUT2D eigenvalue weighted by atomic mass is 10.2. The van der Waals surface area contributed by atoms with E-state index in [1.165, 1.54) is 0 Å². The van der Waals surface area contributed by atoms with Gasteiger partial charge in [-0.05, 0) is 29.7 Å². The summed E-state index contributed by atoms with van der Waals surface area (Å²) in [5.74, 6) is 0.470. The van der Waals surface area contributed by atoms with Crippen molar-refractivity contribution in [2.75, 3.05) is 11.9 Å². The van der Waals surface area contributed by atoms with E-state index in [0.29, 0.717) is 30.4 Å². The zero-order valence-electron chi connectivity index (χ0n) is 16.4. The summed E-state index contributed by atoms with van der Waals surface area (Å²) in [5, 5.41) is 10.4. The summed E-state index contributed by atoms with van der Waals surface area (Å²) in [7, 11) is 0. The van der Waals surface area contributed by atoms with Crippen molar-refractivity contribution in [3.63, 3.8) is 0 Å². The second-order valence-corrected chi connectivity index (χ2v) is 7.08. The maximum absolute atomic E-state index is 12.2. The lowest BCUT2D eigenvalue weighted by Gasteiger charge is -2.10.